The van der Waals surface area contributed by atoms with Gasteiger partial charge in [0.05, 0.1) is 24.6 Å². The van der Waals surface area contributed by atoms with Crippen molar-refractivity contribution in [3.05, 3.63) is 81.7 Å². The van der Waals surface area contributed by atoms with Gasteiger partial charge in [-0.05, 0) is 46.8 Å². The van der Waals surface area contributed by atoms with Gasteiger partial charge in [0.25, 0.3) is 30.1 Å². The van der Waals surface area contributed by atoms with Crippen LogP contribution in [0.25, 0.3) is 16.8 Å². The maximum Gasteiger partial charge on any atom is 0.287 e. The quantitative estimate of drug-likeness (QED) is 0.222. The largest absolute Gasteiger partial charge is 0.495 e. The van der Waals surface area contributed by atoms with Crippen LogP contribution >= 0.6 is 11.6 Å². The number of halogens is 6. The van der Waals surface area contributed by atoms with E-state index < -0.39 is 47.8 Å². The third-order valence-electron chi connectivity index (χ3n) is 5.54. The van der Waals surface area contributed by atoms with Crippen LogP contribution in [-0.2, 0) is 4.79 Å². The van der Waals surface area contributed by atoms with Crippen LogP contribution in [0, 0.1) is 5.82 Å². The Morgan fingerprint density at radius 2 is 1.80 bits per heavy atom. The van der Waals surface area contributed by atoms with Gasteiger partial charge in [-0.25, -0.2) is 22.0 Å². The molecule has 0 aliphatic carbocycles. The molecule has 0 saturated heterocycles. The number of carbonyl (C=O) groups is 2. The molecule has 214 valence electrons. The van der Waals surface area contributed by atoms with Crippen molar-refractivity contribution < 1.29 is 36.3 Å². The third kappa shape index (κ3) is 6.32. The predicted molar refractivity (Wildman–Crippen MR) is 134 cm³/mol. The molecule has 0 radical (unpaired) electrons. The molecule has 0 spiro atoms. The molecular formula is C24H17ClF5N7O4. The molecule has 2 unspecified atom stereocenters. The number of hydrogen-bond donors (Lipinski definition) is 2. The van der Waals surface area contributed by atoms with Crippen molar-refractivity contribution in [1.29, 1.82) is 0 Å². The van der Waals surface area contributed by atoms with E-state index in [2.05, 4.69) is 15.5 Å². The molecule has 2 aromatic carbocycles. The Morgan fingerprint density at radius 3 is 2.44 bits per heavy atom. The van der Waals surface area contributed by atoms with E-state index in [4.69, 9.17) is 16.3 Å². The highest BCUT2D eigenvalue weighted by molar-refractivity contribution is 6.31. The lowest BCUT2D eigenvalue weighted by Gasteiger charge is -2.17. The van der Waals surface area contributed by atoms with Crippen LogP contribution in [0.3, 0.4) is 0 Å². The number of aromatic nitrogens is 5. The Bertz CT molecular complexity index is 1650. The zero-order chi connectivity index (χ0) is 29.8. The number of nitrogens with one attached hydrogen (secondary N) is 2. The van der Waals surface area contributed by atoms with Gasteiger partial charge in [0.2, 0.25) is 6.30 Å². The first-order valence-corrected chi connectivity index (χ1v) is 11.7. The SMILES string of the molecule is COc1cn(C(F)C(=O)Nc2ccc(C(=O)NC(F)C(F)F)c(F)c2)c(=O)cc1-c1cc(Cl)ccc1-n1cnnn1. The van der Waals surface area contributed by atoms with Crippen LogP contribution < -0.4 is 20.9 Å². The van der Waals surface area contributed by atoms with Crippen molar-refractivity contribution in [3.63, 3.8) is 0 Å². The van der Waals surface area contributed by atoms with E-state index >= 15 is 4.39 Å². The lowest BCUT2D eigenvalue weighted by atomic mass is 10.0. The van der Waals surface area contributed by atoms with Crippen molar-refractivity contribution >= 4 is 29.1 Å². The number of amides is 2. The van der Waals surface area contributed by atoms with Gasteiger partial charge in [-0.3, -0.25) is 19.0 Å². The monoisotopic (exact) mass is 597 g/mol. The van der Waals surface area contributed by atoms with Gasteiger partial charge in [0.1, 0.15) is 17.9 Å². The molecule has 0 fully saturated rings. The summed E-state index contributed by atoms with van der Waals surface area (Å²) in [5.74, 6) is -4.23. The van der Waals surface area contributed by atoms with E-state index in [1.165, 1.54) is 29.5 Å². The number of hydrogen-bond acceptors (Lipinski definition) is 7. The van der Waals surface area contributed by atoms with Gasteiger partial charge >= 0.3 is 0 Å². The number of nitrogens with zero attached hydrogens (tertiary/aromatic N) is 5. The normalized spacial score (nSPS) is 12.6. The van der Waals surface area contributed by atoms with Crippen LogP contribution in [0.15, 0.2) is 59.8 Å². The fourth-order valence-corrected chi connectivity index (χ4v) is 3.82. The van der Waals surface area contributed by atoms with Crippen LogP contribution in [0.1, 0.15) is 16.7 Å². The first-order chi connectivity index (χ1) is 19.5. The van der Waals surface area contributed by atoms with Crippen molar-refractivity contribution in [1.82, 2.24) is 30.1 Å². The molecule has 2 amide bonds. The summed E-state index contributed by atoms with van der Waals surface area (Å²) >= 11 is 6.14. The Hall–Kier alpha value is -4.86. The summed E-state index contributed by atoms with van der Waals surface area (Å²) in [6.07, 6.45) is -6.95. The van der Waals surface area contributed by atoms with E-state index in [0.29, 0.717) is 26.9 Å². The molecule has 17 heteroatoms. The number of methoxy groups -OCH3 is 1. The molecule has 0 bridgehead atoms. The molecule has 41 heavy (non-hydrogen) atoms. The van der Waals surface area contributed by atoms with Gasteiger partial charge < -0.3 is 15.4 Å². The second kappa shape index (κ2) is 12.1. The molecule has 0 saturated carbocycles. The Morgan fingerprint density at radius 1 is 1.05 bits per heavy atom. The van der Waals surface area contributed by atoms with E-state index in [9.17, 15) is 31.9 Å². The van der Waals surface area contributed by atoms with Gasteiger partial charge in [-0.15, -0.1) is 5.10 Å². The summed E-state index contributed by atoms with van der Waals surface area (Å²) in [7, 11) is 1.25. The van der Waals surface area contributed by atoms with Crippen molar-refractivity contribution in [2.24, 2.45) is 0 Å². The molecule has 0 aliphatic rings. The summed E-state index contributed by atoms with van der Waals surface area (Å²) in [6.45, 7) is 0. The lowest BCUT2D eigenvalue weighted by Crippen LogP contribution is -2.36. The number of rotatable bonds is 9. The Balaban J connectivity index is 1.59. The molecular weight excluding hydrogens is 581 g/mol. The smallest absolute Gasteiger partial charge is 0.287 e. The standard InChI is InChI=1S/C24H17ClF5N7O4/c1-41-18-9-36(19(38)8-15(18)14-6-11(25)2-5-17(14)37-10-31-34-35-37)22(30)24(40)32-12-3-4-13(16(26)7-12)23(39)33-21(29)20(27)28/h2-10,20-22H,1H3,(H,32,40)(H,33,39). The molecule has 11 nitrogen and oxygen atoms in total. The topological polar surface area (TPSA) is 133 Å². The number of tetrazole rings is 1. The Kier molecular flexibility index (Phi) is 8.61. The molecule has 2 aromatic heterocycles. The van der Waals surface area contributed by atoms with Crippen molar-refractivity contribution in [2.45, 2.75) is 19.0 Å². The highest BCUT2D eigenvalue weighted by Crippen LogP contribution is 2.35. The first-order valence-electron chi connectivity index (χ1n) is 11.3. The van der Waals surface area contributed by atoms with Crippen LogP contribution in [0.5, 0.6) is 5.75 Å². The zero-order valence-electron chi connectivity index (χ0n) is 20.6. The summed E-state index contributed by atoms with van der Waals surface area (Å²) in [5.41, 5.74) is -1.20. The summed E-state index contributed by atoms with van der Waals surface area (Å²) < 4.78 is 74.2. The summed E-state index contributed by atoms with van der Waals surface area (Å²) in [6, 6.07) is 7.94. The summed E-state index contributed by atoms with van der Waals surface area (Å²) in [4.78, 5) is 37.3. The molecule has 2 heterocycles. The van der Waals surface area contributed by atoms with Gasteiger partial charge in [-0.1, -0.05) is 11.6 Å². The van der Waals surface area contributed by atoms with E-state index in [-0.39, 0.29) is 17.0 Å². The predicted octanol–water partition coefficient (Wildman–Crippen LogP) is 3.69. The van der Waals surface area contributed by atoms with Crippen molar-refractivity contribution in [2.75, 3.05) is 12.4 Å². The maximum atomic E-state index is 15.2. The number of carbonyl (C=O) groups excluding carboxylic acids is 2. The highest BCUT2D eigenvalue weighted by Gasteiger charge is 2.26. The molecule has 0 aliphatic heterocycles. The summed E-state index contributed by atoms with van der Waals surface area (Å²) in [5, 5.41) is 14.5. The van der Waals surface area contributed by atoms with E-state index in [0.717, 1.165) is 24.4 Å². The van der Waals surface area contributed by atoms with E-state index in [1.807, 2.05) is 5.32 Å². The number of pyridine rings is 1. The molecule has 2 atom stereocenters. The lowest BCUT2D eigenvalue weighted by molar-refractivity contribution is -0.123. The second-order valence-electron chi connectivity index (χ2n) is 8.15. The molecule has 2 N–H and O–H groups in total. The third-order valence-corrected chi connectivity index (χ3v) is 5.78. The van der Waals surface area contributed by atoms with E-state index in [1.54, 1.807) is 12.1 Å². The van der Waals surface area contributed by atoms with Gasteiger partial charge in [0.15, 0.2) is 0 Å². The minimum atomic E-state index is -3.53. The number of benzene rings is 2. The second-order valence-corrected chi connectivity index (χ2v) is 8.58. The average molecular weight is 598 g/mol. The first kappa shape index (κ1) is 29.1. The van der Waals surface area contributed by atoms with Gasteiger partial charge in [-0.2, -0.15) is 4.68 Å². The van der Waals surface area contributed by atoms with Gasteiger partial charge in [0, 0.05) is 27.9 Å². The Labute approximate surface area is 231 Å². The maximum absolute atomic E-state index is 15.2. The molecule has 4 rings (SSSR count). The fourth-order valence-electron chi connectivity index (χ4n) is 3.65. The zero-order valence-corrected chi connectivity index (χ0v) is 21.3. The fraction of sp³-hybridized carbons (Fsp3) is 0.167. The minimum Gasteiger partial charge on any atom is -0.495 e. The molecule has 4 aromatic rings. The number of alkyl halides is 4. The van der Waals surface area contributed by atoms with Crippen LogP contribution in [0.4, 0.5) is 27.6 Å². The number of anilines is 1. The van der Waals surface area contributed by atoms with Crippen molar-refractivity contribution in [3.8, 4) is 22.6 Å². The minimum absolute atomic E-state index is 0.0342. The average Bonchev–Trinajstić information content (AvgIpc) is 3.47. The highest BCUT2D eigenvalue weighted by atomic mass is 35.5. The van der Waals surface area contributed by atoms with Crippen LogP contribution in [-0.4, -0.2) is 56.4 Å². The number of ether oxygens (including phenoxy) is 1. The van der Waals surface area contributed by atoms with Crippen LogP contribution in [0.2, 0.25) is 5.02 Å².